The van der Waals surface area contributed by atoms with Gasteiger partial charge < -0.3 is 10.6 Å². The molecule has 0 saturated carbocycles. The molecule has 2 rings (SSSR count). The van der Waals surface area contributed by atoms with Gasteiger partial charge in [-0.15, -0.1) is 0 Å². The zero-order valence-corrected chi connectivity index (χ0v) is 11.2. The molecule has 1 unspecified atom stereocenters. The van der Waals surface area contributed by atoms with Crippen LogP contribution in [0.5, 0.6) is 0 Å². The molecule has 1 fully saturated rings. The summed E-state index contributed by atoms with van der Waals surface area (Å²) in [6, 6.07) is 6.36. The predicted molar refractivity (Wildman–Crippen MR) is 72.6 cm³/mol. The van der Waals surface area contributed by atoms with E-state index in [0.29, 0.717) is 22.3 Å². The minimum absolute atomic E-state index is 0.0982. The molecule has 19 heavy (non-hydrogen) atoms. The average molecular weight is 286 g/mol. The zero-order chi connectivity index (χ0) is 13.7. The standard InChI is InChI=1S/C13H16F2N2OS/c14-13(15)19-10-5-3-4-9(8-10)17-12(18)11-6-1-2-7-16-11/h3-5,8,11,13,16H,1-2,6-7H2,(H,17,18). The fourth-order valence-corrected chi connectivity index (χ4v) is 2.61. The fourth-order valence-electron chi connectivity index (χ4n) is 2.06. The van der Waals surface area contributed by atoms with Crippen molar-refractivity contribution in [3.05, 3.63) is 24.3 Å². The predicted octanol–water partition coefficient (Wildman–Crippen LogP) is 3.08. The lowest BCUT2D eigenvalue weighted by molar-refractivity contribution is -0.118. The molecule has 1 aromatic carbocycles. The van der Waals surface area contributed by atoms with E-state index in [2.05, 4.69) is 10.6 Å². The van der Waals surface area contributed by atoms with Crippen molar-refractivity contribution in [1.29, 1.82) is 0 Å². The molecule has 2 N–H and O–H groups in total. The second kappa shape index (κ2) is 6.86. The second-order valence-corrected chi connectivity index (χ2v) is 5.46. The van der Waals surface area contributed by atoms with E-state index in [-0.39, 0.29) is 11.9 Å². The summed E-state index contributed by atoms with van der Waals surface area (Å²) < 4.78 is 24.5. The number of nitrogens with one attached hydrogen (secondary N) is 2. The SMILES string of the molecule is O=C(Nc1cccc(SC(F)F)c1)C1CCCCN1. The Morgan fingerprint density at radius 1 is 1.42 bits per heavy atom. The highest BCUT2D eigenvalue weighted by molar-refractivity contribution is 7.99. The third-order valence-corrected chi connectivity index (χ3v) is 3.66. The Hall–Kier alpha value is -1.14. The van der Waals surface area contributed by atoms with Crippen molar-refractivity contribution in [3.63, 3.8) is 0 Å². The molecule has 0 spiro atoms. The number of rotatable bonds is 4. The van der Waals surface area contributed by atoms with Crippen LogP contribution in [0.1, 0.15) is 19.3 Å². The first kappa shape index (κ1) is 14.3. The molecule has 1 amide bonds. The Labute approximate surface area is 115 Å². The van der Waals surface area contributed by atoms with Crippen LogP contribution in [0, 0.1) is 0 Å². The second-order valence-electron chi connectivity index (χ2n) is 4.40. The van der Waals surface area contributed by atoms with Crippen LogP contribution in [0.3, 0.4) is 0 Å². The van der Waals surface area contributed by atoms with Crippen molar-refractivity contribution < 1.29 is 13.6 Å². The summed E-state index contributed by atoms with van der Waals surface area (Å²) in [7, 11) is 0. The number of hydrogen-bond acceptors (Lipinski definition) is 3. The Morgan fingerprint density at radius 3 is 2.95 bits per heavy atom. The maximum absolute atomic E-state index is 12.3. The lowest BCUT2D eigenvalue weighted by atomic mass is 10.0. The highest BCUT2D eigenvalue weighted by atomic mass is 32.2. The zero-order valence-electron chi connectivity index (χ0n) is 10.4. The first-order valence-electron chi connectivity index (χ1n) is 6.24. The largest absolute Gasteiger partial charge is 0.325 e. The van der Waals surface area contributed by atoms with Gasteiger partial charge in [-0.25, -0.2) is 0 Å². The summed E-state index contributed by atoms with van der Waals surface area (Å²) in [6.45, 7) is 0.847. The maximum atomic E-state index is 12.3. The number of halogens is 2. The molecular formula is C13H16F2N2OS. The molecule has 3 nitrogen and oxygen atoms in total. The molecule has 0 aliphatic carbocycles. The van der Waals surface area contributed by atoms with Gasteiger partial charge in [-0.1, -0.05) is 24.2 Å². The Kier molecular flexibility index (Phi) is 5.15. The maximum Gasteiger partial charge on any atom is 0.288 e. The van der Waals surface area contributed by atoms with Crippen LogP contribution < -0.4 is 10.6 Å². The van der Waals surface area contributed by atoms with E-state index in [1.165, 1.54) is 0 Å². The number of carbonyl (C=O) groups excluding carboxylic acids is 1. The molecule has 1 aliphatic heterocycles. The number of alkyl halides is 2. The molecule has 1 heterocycles. The minimum atomic E-state index is -2.45. The van der Waals surface area contributed by atoms with Crippen molar-refractivity contribution in [3.8, 4) is 0 Å². The van der Waals surface area contributed by atoms with E-state index >= 15 is 0 Å². The molecule has 1 aromatic rings. The molecule has 1 saturated heterocycles. The minimum Gasteiger partial charge on any atom is -0.325 e. The van der Waals surface area contributed by atoms with E-state index in [4.69, 9.17) is 0 Å². The Bertz CT molecular complexity index is 436. The van der Waals surface area contributed by atoms with Crippen LogP contribution in [0.15, 0.2) is 29.2 Å². The number of benzene rings is 1. The first-order valence-corrected chi connectivity index (χ1v) is 7.12. The molecule has 0 bridgehead atoms. The molecule has 6 heteroatoms. The van der Waals surface area contributed by atoms with Gasteiger partial charge in [-0.2, -0.15) is 8.78 Å². The van der Waals surface area contributed by atoms with Crippen LogP contribution in [0.25, 0.3) is 0 Å². The third-order valence-electron chi connectivity index (χ3n) is 2.95. The molecule has 0 aromatic heterocycles. The average Bonchev–Trinajstić information content (AvgIpc) is 2.39. The topological polar surface area (TPSA) is 41.1 Å². The third kappa shape index (κ3) is 4.47. The Morgan fingerprint density at radius 2 is 2.26 bits per heavy atom. The summed E-state index contributed by atoms with van der Waals surface area (Å²) in [6.07, 6.45) is 2.94. The van der Waals surface area contributed by atoms with Crippen LogP contribution >= 0.6 is 11.8 Å². The molecule has 1 aliphatic rings. The number of carbonyl (C=O) groups is 1. The number of amides is 1. The first-order chi connectivity index (χ1) is 9.15. The van der Waals surface area contributed by atoms with Crippen molar-refractivity contribution >= 4 is 23.4 Å². The van der Waals surface area contributed by atoms with Crippen molar-refractivity contribution in [2.45, 2.75) is 36.0 Å². The van der Waals surface area contributed by atoms with Gasteiger partial charge in [0.05, 0.1) is 6.04 Å². The summed E-state index contributed by atoms with van der Waals surface area (Å²) in [5.74, 6) is -2.55. The normalized spacial score (nSPS) is 19.4. The fraction of sp³-hybridized carbons (Fsp3) is 0.462. The molecular weight excluding hydrogens is 270 g/mol. The van der Waals surface area contributed by atoms with Gasteiger partial charge in [0.15, 0.2) is 0 Å². The van der Waals surface area contributed by atoms with E-state index in [1.54, 1.807) is 24.3 Å². The molecule has 1 atom stereocenters. The van der Waals surface area contributed by atoms with Gasteiger partial charge in [0, 0.05) is 10.6 Å². The quantitative estimate of drug-likeness (QED) is 0.836. The van der Waals surface area contributed by atoms with Crippen LogP contribution in [-0.2, 0) is 4.79 Å². The van der Waals surface area contributed by atoms with E-state index in [9.17, 15) is 13.6 Å². The molecule has 104 valence electrons. The van der Waals surface area contributed by atoms with Crippen LogP contribution in [-0.4, -0.2) is 24.3 Å². The Balaban J connectivity index is 1.96. The summed E-state index contributed by atoms with van der Waals surface area (Å²) in [5, 5.41) is 5.91. The van der Waals surface area contributed by atoms with Crippen molar-refractivity contribution in [2.75, 3.05) is 11.9 Å². The van der Waals surface area contributed by atoms with E-state index < -0.39 is 5.76 Å². The highest BCUT2D eigenvalue weighted by Crippen LogP contribution is 2.27. The lowest BCUT2D eigenvalue weighted by Crippen LogP contribution is -2.43. The molecule has 0 radical (unpaired) electrons. The van der Waals surface area contributed by atoms with Gasteiger partial charge in [0.2, 0.25) is 5.91 Å². The van der Waals surface area contributed by atoms with Crippen molar-refractivity contribution in [2.24, 2.45) is 0 Å². The smallest absolute Gasteiger partial charge is 0.288 e. The van der Waals surface area contributed by atoms with Gasteiger partial charge in [0.25, 0.3) is 5.76 Å². The van der Waals surface area contributed by atoms with Gasteiger partial charge in [-0.05, 0) is 37.6 Å². The number of thioether (sulfide) groups is 1. The monoisotopic (exact) mass is 286 g/mol. The van der Waals surface area contributed by atoms with Gasteiger partial charge in [0.1, 0.15) is 0 Å². The number of hydrogen-bond donors (Lipinski definition) is 2. The highest BCUT2D eigenvalue weighted by Gasteiger charge is 2.20. The van der Waals surface area contributed by atoms with Crippen LogP contribution in [0.4, 0.5) is 14.5 Å². The van der Waals surface area contributed by atoms with Crippen molar-refractivity contribution in [1.82, 2.24) is 5.32 Å². The summed E-state index contributed by atoms with van der Waals surface area (Å²) >= 11 is 0.475. The van der Waals surface area contributed by atoms with E-state index in [1.807, 2.05) is 0 Å². The van der Waals surface area contributed by atoms with E-state index in [0.717, 1.165) is 25.8 Å². The number of anilines is 1. The van der Waals surface area contributed by atoms with Gasteiger partial charge >= 0.3 is 0 Å². The lowest BCUT2D eigenvalue weighted by Gasteiger charge is -2.22. The summed E-state index contributed by atoms with van der Waals surface area (Å²) in [4.78, 5) is 12.4. The number of piperidine rings is 1. The van der Waals surface area contributed by atoms with Gasteiger partial charge in [-0.3, -0.25) is 4.79 Å². The van der Waals surface area contributed by atoms with Crippen LogP contribution in [0.2, 0.25) is 0 Å². The summed E-state index contributed by atoms with van der Waals surface area (Å²) in [5.41, 5.74) is 0.558.